The van der Waals surface area contributed by atoms with Crippen LogP contribution in [-0.2, 0) is 6.42 Å². The van der Waals surface area contributed by atoms with Crippen LogP contribution in [-0.4, -0.2) is 15.9 Å². The molecule has 0 aliphatic heterocycles. The number of imidazole rings is 1. The molecule has 3 rings (SSSR count). The number of hydrogen-bond acceptors (Lipinski definition) is 3. The Labute approximate surface area is 129 Å². The standard InChI is InChI=1S/C17H21N3S/c1-4-18-16(14-6-5-12(2)13(3)9-14)10-15-11-20-7-8-21-17(20)19-15/h5-9,11,16,18H,4,10H2,1-3H3. The van der Waals surface area contributed by atoms with Crippen molar-refractivity contribution in [3.8, 4) is 0 Å². The van der Waals surface area contributed by atoms with Crippen LogP contribution < -0.4 is 5.32 Å². The van der Waals surface area contributed by atoms with Gasteiger partial charge in [-0.15, -0.1) is 11.3 Å². The van der Waals surface area contributed by atoms with E-state index in [-0.39, 0.29) is 0 Å². The molecule has 0 radical (unpaired) electrons. The smallest absolute Gasteiger partial charge is 0.193 e. The van der Waals surface area contributed by atoms with E-state index in [0.29, 0.717) is 6.04 Å². The first-order valence-electron chi connectivity index (χ1n) is 7.39. The van der Waals surface area contributed by atoms with Gasteiger partial charge in [0.15, 0.2) is 4.96 Å². The predicted octanol–water partition coefficient (Wildman–Crippen LogP) is 3.91. The van der Waals surface area contributed by atoms with Gasteiger partial charge < -0.3 is 5.32 Å². The van der Waals surface area contributed by atoms with Crippen molar-refractivity contribution in [2.24, 2.45) is 0 Å². The van der Waals surface area contributed by atoms with Crippen molar-refractivity contribution in [2.45, 2.75) is 33.2 Å². The van der Waals surface area contributed by atoms with Gasteiger partial charge in [-0.05, 0) is 37.1 Å². The first-order valence-corrected chi connectivity index (χ1v) is 8.27. The number of nitrogens with zero attached hydrogens (tertiary/aromatic N) is 2. The zero-order chi connectivity index (χ0) is 14.8. The van der Waals surface area contributed by atoms with Gasteiger partial charge in [0.05, 0.1) is 5.69 Å². The van der Waals surface area contributed by atoms with Crippen LogP contribution in [0, 0.1) is 13.8 Å². The summed E-state index contributed by atoms with van der Waals surface area (Å²) in [5.41, 5.74) is 5.18. The molecule has 1 N–H and O–H groups in total. The third-order valence-corrected chi connectivity index (χ3v) is 4.71. The van der Waals surface area contributed by atoms with Crippen LogP contribution >= 0.6 is 11.3 Å². The summed E-state index contributed by atoms with van der Waals surface area (Å²) in [5, 5.41) is 5.65. The van der Waals surface area contributed by atoms with Gasteiger partial charge in [0.25, 0.3) is 0 Å². The van der Waals surface area contributed by atoms with E-state index >= 15 is 0 Å². The Bertz CT molecular complexity index is 713. The van der Waals surface area contributed by atoms with Crippen molar-refractivity contribution in [3.63, 3.8) is 0 Å². The third kappa shape index (κ3) is 3.01. The largest absolute Gasteiger partial charge is 0.310 e. The Morgan fingerprint density at radius 3 is 2.86 bits per heavy atom. The molecular weight excluding hydrogens is 278 g/mol. The lowest BCUT2D eigenvalue weighted by atomic mass is 9.98. The van der Waals surface area contributed by atoms with Crippen molar-refractivity contribution >= 4 is 16.3 Å². The lowest BCUT2D eigenvalue weighted by Crippen LogP contribution is -2.23. The van der Waals surface area contributed by atoms with Crippen LogP contribution in [0.5, 0.6) is 0 Å². The fraction of sp³-hybridized carbons (Fsp3) is 0.353. The molecule has 0 aliphatic carbocycles. The second-order valence-corrected chi connectivity index (χ2v) is 6.36. The van der Waals surface area contributed by atoms with E-state index in [0.717, 1.165) is 23.6 Å². The highest BCUT2D eigenvalue weighted by Crippen LogP contribution is 2.22. The number of aromatic nitrogens is 2. The molecular formula is C17H21N3S. The van der Waals surface area contributed by atoms with E-state index in [1.54, 1.807) is 11.3 Å². The summed E-state index contributed by atoms with van der Waals surface area (Å²) in [6, 6.07) is 7.05. The molecule has 3 aromatic rings. The van der Waals surface area contributed by atoms with Crippen LogP contribution in [0.2, 0.25) is 0 Å². The zero-order valence-electron chi connectivity index (χ0n) is 12.8. The lowest BCUT2D eigenvalue weighted by Gasteiger charge is -2.18. The molecule has 21 heavy (non-hydrogen) atoms. The number of rotatable bonds is 5. The molecule has 0 aliphatic rings. The van der Waals surface area contributed by atoms with Gasteiger partial charge in [-0.1, -0.05) is 25.1 Å². The number of fused-ring (bicyclic) bond motifs is 1. The van der Waals surface area contributed by atoms with Crippen LogP contribution in [0.15, 0.2) is 36.0 Å². The Balaban J connectivity index is 1.86. The van der Waals surface area contributed by atoms with E-state index in [1.165, 1.54) is 16.7 Å². The minimum atomic E-state index is 0.318. The normalized spacial score (nSPS) is 12.9. The monoisotopic (exact) mass is 299 g/mol. The highest BCUT2D eigenvalue weighted by atomic mass is 32.1. The van der Waals surface area contributed by atoms with Crippen molar-refractivity contribution in [1.29, 1.82) is 0 Å². The zero-order valence-corrected chi connectivity index (χ0v) is 13.6. The highest BCUT2D eigenvalue weighted by Gasteiger charge is 2.14. The van der Waals surface area contributed by atoms with Crippen molar-refractivity contribution in [3.05, 3.63) is 58.4 Å². The summed E-state index contributed by atoms with van der Waals surface area (Å²) in [6.07, 6.45) is 5.12. The Hall–Kier alpha value is -1.65. The first-order chi connectivity index (χ1) is 10.2. The van der Waals surface area contributed by atoms with E-state index < -0.39 is 0 Å². The summed E-state index contributed by atoms with van der Waals surface area (Å²) in [7, 11) is 0. The van der Waals surface area contributed by atoms with Gasteiger partial charge in [0, 0.05) is 30.2 Å². The molecule has 0 spiro atoms. The van der Waals surface area contributed by atoms with E-state index in [2.05, 4.69) is 66.5 Å². The maximum Gasteiger partial charge on any atom is 0.193 e. The fourth-order valence-electron chi connectivity index (χ4n) is 2.62. The number of aryl methyl sites for hydroxylation is 2. The van der Waals surface area contributed by atoms with Gasteiger partial charge in [-0.3, -0.25) is 4.40 Å². The molecule has 3 nitrogen and oxygen atoms in total. The van der Waals surface area contributed by atoms with Crippen LogP contribution in [0.4, 0.5) is 0 Å². The Kier molecular flexibility index (Phi) is 4.08. The molecule has 1 atom stereocenters. The SMILES string of the molecule is CCNC(Cc1cn2ccsc2n1)c1ccc(C)c(C)c1. The summed E-state index contributed by atoms with van der Waals surface area (Å²) in [6.45, 7) is 7.44. The van der Waals surface area contributed by atoms with E-state index in [9.17, 15) is 0 Å². The molecule has 0 saturated heterocycles. The second-order valence-electron chi connectivity index (χ2n) is 5.48. The van der Waals surface area contributed by atoms with E-state index in [1.807, 2.05) is 0 Å². The number of thiazole rings is 1. The van der Waals surface area contributed by atoms with Crippen molar-refractivity contribution < 1.29 is 0 Å². The first kappa shape index (κ1) is 14.3. The van der Waals surface area contributed by atoms with Crippen LogP contribution in [0.1, 0.15) is 35.3 Å². The summed E-state index contributed by atoms with van der Waals surface area (Å²) in [5.74, 6) is 0. The topological polar surface area (TPSA) is 29.3 Å². The third-order valence-electron chi connectivity index (χ3n) is 3.94. The second kappa shape index (κ2) is 6.00. The molecule has 2 heterocycles. The summed E-state index contributed by atoms with van der Waals surface area (Å²) >= 11 is 1.68. The summed E-state index contributed by atoms with van der Waals surface area (Å²) in [4.78, 5) is 5.77. The maximum absolute atomic E-state index is 4.70. The number of hydrogen-bond donors (Lipinski definition) is 1. The summed E-state index contributed by atoms with van der Waals surface area (Å²) < 4.78 is 2.10. The molecule has 0 bridgehead atoms. The molecule has 0 amide bonds. The van der Waals surface area contributed by atoms with Gasteiger partial charge in [-0.25, -0.2) is 4.98 Å². The molecule has 0 fully saturated rings. The Morgan fingerprint density at radius 1 is 1.29 bits per heavy atom. The number of nitrogens with one attached hydrogen (secondary N) is 1. The molecule has 1 unspecified atom stereocenters. The molecule has 4 heteroatoms. The number of benzene rings is 1. The quantitative estimate of drug-likeness (QED) is 0.774. The average molecular weight is 299 g/mol. The van der Waals surface area contributed by atoms with Gasteiger partial charge in [0.2, 0.25) is 0 Å². The minimum absolute atomic E-state index is 0.318. The van der Waals surface area contributed by atoms with Crippen molar-refractivity contribution in [2.75, 3.05) is 6.54 Å². The van der Waals surface area contributed by atoms with Gasteiger partial charge in [0.1, 0.15) is 0 Å². The Morgan fingerprint density at radius 2 is 2.14 bits per heavy atom. The predicted molar refractivity (Wildman–Crippen MR) is 89.1 cm³/mol. The average Bonchev–Trinajstić information content (AvgIpc) is 3.02. The van der Waals surface area contributed by atoms with Crippen LogP contribution in [0.25, 0.3) is 4.96 Å². The molecule has 0 saturated carbocycles. The van der Waals surface area contributed by atoms with Crippen molar-refractivity contribution in [1.82, 2.24) is 14.7 Å². The fourth-order valence-corrected chi connectivity index (χ4v) is 3.34. The molecule has 110 valence electrons. The highest BCUT2D eigenvalue weighted by molar-refractivity contribution is 7.15. The maximum atomic E-state index is 4.70. The van der Waals surface area contributed by atoms with E-state index in [4.69, 9.17) is 4.98 Å². The van der Waals surface area contributed by atoms with Gasteiger partial charge >= 0.3 is 0 Å². The molecule has 1 aromatic carbocycles. The lowest BCUT2D eigenvalue weighted by molar-refractivity contribution is 0.545. The molecule has 2 aromatic heterocycles. The minimum Gasteiger partial charge on any atom is -0.310 e. The van der Waals surface area contributed by atoms with Gasteiger partial charge in [-0.2, -0.15) is 0 Å². The van der Waals surface area contributed by atoms with Crippen LogP contribution in [0.3, 0.4) is 0 Å². The number of likely N-dealkylation sites (N-methyl/N-ethyl adjacent to an activating group) is 1.